The monoisotopic (exact) mass is 328 g/mol. The van der Waals surface area contributed by atoms with Gasteiger partial charge in [0.05, 0.1) is 6.10 Å². The van der Waals surface area contributed by atoms with E-state index in [1.54, 1.807) is 24.3 Å². The SMILES string of the molecule is Cn1c(=O)c2nc(CC(O)c3ccccc3)c(=O)[nH]c2n(C)c1=O. The van der Waals surface area contributed by atoms with Gasteiger partial charge < -0.3 is 10.1 Å². The molecule has 0 spiro atoms. The van der Waals surface area contributed by atoms with Crippen LogP contribution in [0.15, 0.2) is 44.7 Å². The maximum Gasteiger partial charge on any atom is 0.332 e. The molecule has 0 fully saturated rings. The van der Waals surface area contributed by atoms with Crippen LogP contribution >= 0.6 is 0 Å². The highest BCUT2D eigenvalue weighted by molar-refractivity contribution is 5.68. The number of nitrogens with zero attached hydrogens (tertiary/aromatic N) is 3. The van der Waals surface area contributed by atoms with E-state index in [1.165, 1.54) is 14.1 Å². The molecule has 1 aromatic carbocycles. The number of nitrogens with one attached hydrogen (secondary N) is 1. The second kappa shape index (κ2) is 5.89. The average molecular weight is 328 g/mol. The zero-order valence-electron chi connectivity index (χ0n) is 13.2. The maximum absolute atomic E-state index is 12.2. The molecular weight excluding hydrogens is 312 g/mol. The van der Waals surface area contributed by atoms with Crippen LogP contribution in [0, 0.1) is 0 Å². The van der Waals surface area contributed by atoms with Gasteiger partial charge in [-0.1, -0.05) is 30.3 Å². The second-order valence-electron chi connectivity index (χ2n) is 5.55. The summed E-state index contributed by atoms with van der Waals surface area (Å²) in [7, 11) is 2.79. The van der Waals surface area contributed by atoms with Gasteiger partial charge in [-0.2, -0.15) is 0 Å². The molecule has 0 saturated heterocycles. The molecule has 2 N–H and O–H groups in total. The van der Waals surface area contributed by atoms with Gasteiger partial charge in [0.2, 0.25) is 0 Å². The molecule has 3 aromatic rings. The topological polar surface area (TPSA) is 110 Å². The minimum absolute atomic E-state index is 0.0190. The van der Waals surface area contributed by atoms with Gasteiger partial charge in [-0.15, -0.1) is 0 Å². The number of aliphatic hydroxyl groups excluding tert-OH is 1. The summed E-state index contributed by atoms with van der Waals surface area (Å²) in [6, 6.07) is 8.86. The molecule has 0 aliphatic heterocycles. The molecule has 0 aliphatic rings. The third-order valence-electron chi connectivity index (χ3n) is 3.95. The summed E-state index contributed by atoms with van der Waals surface area (Å²) in [5.41, 5.74) is -0.968. The largest absolute Gasteiger partial charge is 0.388 e. The summed E-state index contributed by atoms with van der Waals surface area (Å²) >= 11 is 0. The van der Waals surface area contributed by atoms with Crippen LogP contribution in [-0.4, -0.2) is 24.2 Å². The van der Waals surface area contributed by atoms with Gasteiger partial charge >= 0.3 is 5.69 Å². The number of aliphatic hydroxyl groups is 1. The maximum atomic E-state index is 12.2. The number of benzene rings is 1. The van der Waals surface area contributed by atoms with E-state index >= 15 is 0 Å². The molecule has 2 heterocycles. The molecule has 8 nitrogen and oxygen atoms in total. The van der Waals surface area contributed by atoms with E-state index in [1.807, 2.05) is 6.07 Å². The number of aromatic amines is 1. The Labute approximate surface area is 135 Å². The molecule has 2 aromatic heterocycles. The highest BCUT2D eigenvalue weighted by Gasteiger charge is 2.16. The second-order valence-corrected chi connectivity index (χ2v) is 5.55. The van der Waals surface area contributed by atoms with Gasteiger partial charge in [0.25, 0.3) is 11.1 Å². The zero-order chi connectivity index (χ0) is 17.4. The smallest absolute Gasteiger partial charge is 0.332 e. The minimum atomic E-state index is -0.923. The van der Waals surface area contributed by atoms with Crippen molar-refractivity contribution in [1.29, 1.82) is 0 Å². The summed E-state index contributed by atoms with van der Waals surface area (Å²) in [6.45, 7) is 0. The van der Waals surface area contributed by atoms with Crippen molar-refractivity contribution in [3.63, 3.8) is 0 Å². The van der Waals surface area contributed by atoms with Crippen molar-refractivity contribution >= 4 is 11.2 Å². The van der Waals surface area contributed by atoms with Gasteiger partial charge in [-0.3, -0.25) is 18.7 Å². The van der Waals surface area contributed by atoms with Crippen LogP contribution in [0.4, 0.5) is 0 Å². The van der Waals surface area contributed by atoms with Crippen molar-refractivity contribution in [1.82, 2.24) is 19.1 Å². The standard InChI is InChI=1S/C16H16N4O4/c1-19-13-12(15(23)20(2)16(19)24)17-10(14(22)18-13)8-11(21)9-6-4-3-5-7-9/h3-7,11,21H,8H2,1-2H3,(H,18,22). The van der Waals surface area contributed by atoms with Gasteiger partial charge in [0, 0.05) is 20.5 Å². The van der Waals surface area contributed by atoms with E-state index in [9.17, 15) is 19.5 Å². The van der Waals surface area contributed by atoms with Crippen molar-refractivity contribution in [2.45, 2.75) is 12.5 Å². The van der Waals surface area contributed by atoms with E-state index in [0.29, 0.717) is 5.56 Å². The van der Waals surface area contributed by atoms with E-state index in [0.717, 1.165) is 9.13 Å². The fourth-order valence-electron chi connectivity index (χ4n) is 2.55. The highest BCUT2D eigenvalue weighted by Crippen LogP contribution is 2.15. The third kappa shape index (κ3) is 2.56. The van der Waals surface area contributed by atoms with E-state index in [-0.39, 0.29) is 23.3 Å². The fourth-order valence-corrected chi connectivity index (χ4v) is 2.55. The lowest BCUT2D eigenvalue weighted by atomic mass is 10.1. The first-order valence-corrected chi connectivity index (χ1v) is 7.32. The van der Waals surface area contributed by atoms with Crippen LogP contribution < -0.4 is 16.8 Å². The van der Waals surface area contributed by atoms with Crippen LogP contribution in [0.1, 0.15) is 17.4 Å². The molecule has 0 amide bonds. The minimum Gasteiger partial charge on any atom is -0.388 e. The Balaban J connectivity index is 2.14. The van der Waals surface area contributed by atoms with Gasteiger partial charge in [-0.05, 0) is 5.56 Å². The number of aryl methyl sites for hydroxylation is 1. The zero-order valence-corrected chi connectivity index (χ0v) is 13.2. The molecular formula is C16H16N4O4. The summed E-state index contributed by atoms with van der Waals surface area (Å²) in [5, 5.41) is 10.3. The molecule has 0 saturated carbocycles. The van der Waals surface area contributed by atoms with Crippen molar-refractivity contribution in [3.05, 3.63) is 72.8 Å². The number of fused-ring (bicyclic) bond motifs is 1. The highest BCUT2D eigenvalue weighted by atomic mass is 16.3. The number of H-pyrrole nitrogens is 1. The Morgan fingerprint density at radius 1 is 1.12 bits per heavy atom. The first kappa shape index (κ1) is 15.9. The number of rotatable bonds is 3. The molecule has 0 radical (unpaired) electrons. The van der Waals surface area contributed by atoms with Gasteiger partial charge in [0.15, 0.2) is 5.52 Å². The molecule has 8 heteroatoms. The Morgan fingerprint density at radius 2 is 1.79 bits per heavy atom. The first-order chi connectivity index (χ1) is 11.4. The quantitative estimate of drug-likeness (QED) is 0.679. The lowest BCUT2D eigenvalue weighted by Crippen LogP contribution is -2.39. The van der Waals surface area contributed by atoms with Crippen molar-refractivity contribution in [3.8, 4) is 0 Å². The summed E-state index contributed by atoms with van der Waals surface area (Å²) in [5.74, 6) is 0. The van der Waals surface area contributed by atoms with Crippen molar-refractivity contribution in [2.24, 2.45) is 14.1 Å². The van der Waals surface area contributed by atoms with Gasteiger partial charge in [0.1, 0.15) is 11.3 Å². The summed E-state index contributed by atoms with van der Waals surface area (Å²) < 4.78 is 2.08. The van der Waals surface area contributed by atoms with Crippen molar-refractivity contribution in [2.75, 3.05) is 0 Å². The third-order valence-corrected chi connectivity index (χ3v) is 3.95. The molecule has 1 atom stereocenters. The molecule has 0 aliphatic carbocycles. The Kier molecular flexibility index (Phi) is 3.90. The summed E-state index contributed by atoms with van der Waals surface area (Å²) in [6.07, 6.45) is -0.963. The average Bonchev–Trinajstić information content (AvgIpc) is 2.60. The van der Waals surface area contributed by atoms with E-state index in [2.05, 4.69) is 9.97 Å². The van der Waals surface area contributed by atoms with E-state index < -0.39 is 22.9 Å². The molecule has 24 heavy (non-hydrogen) atoms. The van der Waals surface area contributed by atoms with Crippen LogP contribution in [0.5, 0.6) is 0 Å². The lowest BCUT2D eigenvalue weighted by molar-refractivity contribution is 0.177. The molecule has 1 unspecified atom stereocenters. The first-order valence-electron chi connectivity index (χ1n) is 7.32. The summed E-state index contributed by atoms with van der Waals surface area (Å²) in [4.78, 5) is 42.9. The Bertz CT molecular complexity index is 1080. The number of hydrogen-bond donors (Lipinski definition) is 2. The molecule has 0 bridgehead atoms. The lowest BCUT2D eigenvalue weighted by Gasteiger charge is -2.11. The normalized spacial score (nSPS) is 12.5. The Hall–Kier alpha value is -3.00. The van der Waals surface area contributed by atoms with Crippen LogP contribution in [0.3, 0.4) is 0 Å². The predicted octanol–water partition coefficient (Wildman–Crippen LogP) is -0.403. The number of aromatic nitrogens is 4. The van der Waals surface area contributed by atoms with E-state index in [4.69, 9.17) is 0 Å². The molecule has 124 valence electrons. The van der Waals surface area contributed by atoms with Crippen molar-refractivity contribution < 1.29 is 5.11 Å². The van der Waals surface area contributed by atoms with Crippen LogP contribution in [-0.2, 0) is 20.5 Å². The van der Waals surface area contributed by atoms with Gasteiger partial charge in [-0.25, -0.2) is 9.78 Å². The Morgan fingerprint density at radius 3 is 2.46 bits per heavy atom. The molecule has 3 rings (SSSR count). The fraction of sp³-hybridized carbons (Fsp3) is 0.250. The predicted molar refractivity (Wildman–Crippen MR) is 88.0 cm³/mol. The van der Waals surface area contributed by atoms with Crippen LogP contribution in [0.2, 0.25) is 0 Å². The number of hydrogen-bond acceptors (Lipinski definition) is 5. The van der Waals surface area contributed by atoms with Crippen LogP contribution in [0.25, 0.3) is 11.2 Å².